The summed E-state index contributed by atoms with van der Waals surface area (Å²) in [7, 11) is 0. The number of fused-ring (bicyclic) bond motifs is 2. The molecule has 32 heavy (non-hydrogen) atoms. The molecule has 2 fully saturated rings. The predicted molar refractivity (Wildman–Crippen MR) is 130 cm³/mol. The van der Waals surface area contributed by atoms with Crippen molar-refractivity contribution in [3.63, 3.8) is 0 Å². The number of hydrogen-bond acceptors (Lipinski definition) is 4. The normalized spacial score (nSPS) is 26.9. The maximum atomic E-state index is 13.6. The molecule has 6 heteroatoms. The number of nitrogens with one attached hydrogen (secondary N) is 1. The highest BCUT2D eigenvalue weighted by atomic mass is 79.9. The van der Waals surface area contributed by atoms with Crippen LogP contribution in [0.25, 0.3) is 0 Å². The number of oxime groups is 1. The van der Waals surface area contributed by atoms with Crippen molar-refractivity contribution in [3.05, 3.63) is 63.6 Å². The van der Waals surface area contributed by atoms with Crippen LogP contribution in [-0.2, 0) is 9.63 Å². The van der Waals surface area contributed by atoms with Gasteiger partial charge in [0.2, 0.25) is 5.91 Å². The van der Waals surface area contributed by atoms with E-state index in [1.165, 1.54) is 0 Å². The lowest BCUT2D eigenvalue weighted by Gasteiger charge is -2.39. The molecule has 2 aliphatic rings. The van der Waals surface area contributed by atoms with Crippen molar-refractivity contribution in [2.24, 2.45) is 21.4 Å². The van der Waals surface area contributed by atoms with E-state index in [1.54, 1.807) is 18.2 Å². The fraction of sp³-hybridized carbons (Fsp3) is 0.423. The minimum atomic E-state index is -0.599. The number of anilines is 1. The summed E-state index contributed by atoms with van der Waals surface area (Å²) in [5.74, 6) is -0.499. The molecule has 2 aromatic carbocycles. The summed E-state index contributed by atoms with van der Waals surface area (Å²) in [6, 6.07) is 13.2. The van der Waals surface area contributed by atoms with E-state index in [2.05, 4.69) is 53.2 Å². The van der Waals surface area contributed by atoms with Crippen molar-refractivity contribution in [1.82, 2.24) is 0 Å². The smallest absolute Gasteiger partial charge is 0.326 e. The number of benzene rings is 2. The van der Waals surface area contributed by atoms with Gasteiger partial charge >= 0.3 is 5.97 Å². The Morgan fingerprint density at radius 2 is 1.69 bits per heavy atom. The van der Waals surface area contributed by atoms with E-state index >= 15 is 0 Å². The third-order valence-corrected chi connectivity index (χ3v) is 8.67. The monoisotopic (exact) mass is 496 g/mol. The molecule has 2 unspecified atom stereocenters. The van der Waals surface area contributed by atoms with Gasteiger partial charge in [0, 0.05) is 22.0 Å². The topological polar surface area (TPSA) is 67.8 Å². The van der Waals surface area contributed by atoms with Crippen LogP contribution in [0, 0.1) is 30.1 Å². The van der Waals surface area contributed by atoms with Gasteiger partial charge in [-0.1, -0.05) is 44.1 Å². The summed E-state index contributed by atoms with van der Waals surface area (Å²) in [5, 5.41) is 7.49. The van der Waals surface area contributed by atoms with Crippen molar-refractivity contribution in [3.8, 4) is 0 Å². The molecule has 0 saturated heterocycles. The summed E-state index contributed by atoms with van der Waals surface area (Å²) in [5.41, 5.74) is 3.00. The maximum absolute atomic E-state index is 13.6. The molecular formula is C26H29BrN2O3. The van der Waals surface area contributed by atoms with Crippen LogP contribution in [0.5, 0.6) is 0 Å². The summed E-state index contributed by atoms with van der Waals surface area (Å²) < 4.78 is 0.661. The summed E-state index contributed by atoms with van der Waals surface area (Å²) >= 11 is 3.38. The Kier molecular flexibility index (Phi) is 5.56. The summed E-state index contributed by atoms with van der Waals surface area (Å²) in [6.45, 7) is 10.5. The Hall–Kier alpha value is -2.47. The molecule has 0 heterocycles. The van der Waals surface area contributed by atoms with E-state index in [4.69, 9.17) is 4.84 Å². The van der Waals surface area contributed by atoms with Crippen LogP contribution >= 0.6 is 15.9 Å². The average Bonchev–Trinajstić information content (AvgIpc) is 3.02. The molecular weight excluding hydrogens is 468 g/mol. The van der Waals surface area contributed by atoms with Gasteiger partial charge in [-0.15, -0.1) is 0 Å². The van der Waals surface area contributed by atoms with Crippen LogP contribution in [0.2, 0.25) is 0 Å². The molecule has 4 rings (SSSR count). The second-order valence-electron chi connectivity index (χ2n) is 9.94. The number of aryl methyl sites for hydroxylation is 2. The molecule has 2 atom stereocenters. The molecule has 0 radical (unpaired) electrons. The lowest BCUT2D eigenvalue weighted by atomic mass is 9.64. The molecule has 2 bridgehead atoms. The highest BCUT2D eigenvalue weighted by molar-refractivity contribution is 9.10. The van der Waals surface area contributed by atoms with Crippen LogP contribution in [0.1, 0.15) is 61.5 Å². The Morgan fingerprint density at radius 3 is 2.34 bits per heavy atom. The van der Waals surface area contributed by atoms with E-state index in [1.807, 2.05) is 32.0 Å². The average molecular weight is 497 g/mol. The van der Waals surface area contributed by atoms with Crippen molar-refractivity contribution in [1.29, 1.82) is 0 Å². The first-order valence-corrected chi connectivity index (χ1v) is 11.7. The zero-order chi connectivity index (χ0) is 23.3. The third kappa shape index (κ3) is 3.40. The quantitative estimate of drug-likeness (QED) is 0.391. The van der Waals surface area contributed by atoms with Crippen LogP contribution in [-0.4, -0.2) is 17.6 Å². The number of hydrogen-bond donors (Lipinski definition) is 1. The number of carbonyl (C=O) groups excluding carboxylic acids is 2. The number of carbonyl (C=O) groups is 2. The van der Waals surface area contributed by atoms with Crippen LogP contribution in [0.3, 0.4) is 0 Å². The highest BCUT2D eigenvalue weighted by Gasteiger charge is 2.71. The fourth-order valence-electron chi connectivity index (χ4n) is 5.59. The SMILES string of the molecule is Cc1cc(C)cc(NC(=O)C23CCC(C)(/C(=N\OC(=O)c4ccccc4Br)C2)C3(C)C)c1. The molecule has 2 aliphatic carbocycles. The van der Waals surface area contributed by atoms with Gasteiger partial charge in [-0.05, 0) is 83.4 Å². The van der Waals surface area contributed by atoms with Crippen molar-refractivity contribution < 1.29 is 14.4 Å². The van der Waals surface area contributed by atoms with Gasteiger partial charge in [0.25, 0.3) is 0 Å². The van der Waals surface area contributed by atoms with Gasteiger partial charge in [-0.2, -0.15) is 0 Å². The second-order valence-corrected chi connectivity index (χ2v) is 10.8. The molecule has 5 nitrogen and oxygen atoms in total. The van der Waals surface area contributed by atoms with Crippen LogP contribution in [0.4, 0.5) is 5.69 Å². The van der Waals surface area contributed by atoms with Crippen LogP contribution in [0.15, 0.2) is 52.1 Å². The number of amides is 1. The van der Waals surface area contributed by atoms with E-state index in [0.717, 1.165) is 35.4 Å². The molecule has 2 saturated carbocycles. The van der Waals surface area contributed by atoms with Gasteiger partial charge in [-0.25, -0.2) is 4.79 Å². The zero-order valence-electron chi connectivity index (χ0n) is 19.2. The second kappa shape index (κ2) is 7.84. The Balaban J connectivity index is 1.61. The number of rotatable bonds is 4. The van der Waals surface area contributed by atoms with Crippen molar-refractivity contribution >= 4 is 39.2 Å². The maximum Gasteiger partial charge on any atom is 0.366 e. The molecule has 1 N–H and O–H groups in total. The molecule has 2 aromatic rings. The van der Waals surface area contributed by atoms with Crippen LogP contribution < -0.4 is 5.32 Å². The van der Waals surface area contributed by atoms with E-state index in [-0.39, 0.29) is 16.7 Å². The number of halogens is 1. The van der Waals surface area contributed by atoms with E-state index in [0.29, 0.717) is 16.5 Å². The van der Waals surface area contributed by atoms with Crippen molar-refractivity contribution in [2.45, 2.75) is 53.9 Å². The van der Waals surface area contributed by atoms with E-state index < -0.39 is 11.4 Å². The Morgan fingerprint density at radius 1 is 1.03 bits per heavy atom. The van der Waals surface area contributed by atoms with Gasteiger partial charge in [0.05, 0.1) is 16.7 Å². The predicted octanol–water partition coefficient (Wildman–Crippen LogP) is 6.43. The molecule has 0 aliphatic heterocycles. The largest absolute Gasteiger partial charge is 0.366 e. The summed E-state index contributed by atoms with van der Waals surface area (Å²) in [6.07, 6.45) is 2.09. The lowest BCUT2D eigenvalue weighted by Crippen LogP contribution is -2.43. The Labute approximate surface area is 197 Å². The molecule has 0 aromatic heterocycles. The minimum absolute atomic E-state index is 0.0126. The first kappa shape index (κ1) is 22.7. The van der Waals surface area contributed by atoms with Crippen molar-refractivity contribution in [2.75, 3.05) is 5.32 Å². The lowest BCUT2D eigenvalue weighted by molar-refractivity contribution is -0.130. The van der Waals surface area contributed by atoms with Gasteiger partial charge in [0.15, 0.2) is 0 Å². The first-order chi connectivity index (χ1) is 15.0. The first-order valence-electron chi connectivity index (χ1n) is 10.9. The molecule has 0 spiro atoms. The third-order valence-electron chi connectivity index (χ3n) is 7.98. The highest BCUT2D eigenvalue weighted by Crippen LogP contribution is 2.71. The molecule has 1 amide bonds. The molecule has 168 valence electrons. The number of nitrogens with zero attached hydrogens (tertiary/aromatic N) is 1. The zero-order valence-corrected chi connectivity index (χ0v) is 20.8. The standard InChI is InChI=1S/C26H29BrN2O3/c1-16-12-17(2)14-18(13-16)28-23(31)26-11-10-25(5,24(26,3)4)21(15-26)29-32-22(30)19-8-6-7-9-20(19)27/h6-9,12-14H,10-11,15H2,1-5H3,(H,28,31)/b29-21-. The summed E-state index contributed by atoms with van der Waals surface area (Å²) in [4.78, 5) is 31.6. The fourth-order valence-corrected chi connectivity index (χ4v) is 6.04. The van der Waals surface area contributed by atoms with Gasteiger partial charge in [0.1, 0.15) is 0 Å². The Bertz CT molecular complexity index is 1120. The van der Waals surface area contributed by atoms with Gasteiger partial charge < -0.3 is 10.2 Å². The van der Waals surface area contributed by atoms with E-state index in [9.17, 15) is 9.59 Å². The van der Waals surface area contributed by atoms with Gasteiger partial charge in [-0.3, -0.25) is 4.79 Å². The minimum Gasteiger partial charge on any atom is -0.326 e.